The molecule has 7 heteroatoms. The Hall–Kier alpha value is -2.31. The van der Waals surface area contributed by atoms with Gasteiger partial charge in [-0.25, -0.2) is 9.78 Å². The number of rotatable bonds is 4. The fraction of sp³-hybridized carbons (Fsp3) is 0.533. The third-order valence-electron chi connectivity index (χ3n) is 2.99. The minimum atomic E-state index is -1.12. The van der Waals surface area contributed by atoms with Gasteiger partial charge in [-0.2, -0.15) is 0 Å². The number of amides is 2. The van der Waals surface area contributed by atoms with Gasteiger partial charge in [-0.1, -0.05) is 6.92 Å². The molecule has 1 aromatic rings. The van der Waals surface area contributed by atoms with E-state index in [-0.39, 0.29) is 5.88 Å². The van der Waals surface area contributed by atoms with E-state index in [1.165, 1.54) is 18.3 Å². The summed E-state index contributed by atoms with van der Waals surface area (Å²) in [5, 5.41) is 14.4. The minimum absolute atomic E-state index is 0.136. The molecule has 122 valence electrons. The average molecular weight is 309 g/mol. The number of hydrogen-bond acceptors (Lipinski definition) is 5. The fourth-order valence-corrected chi connectivity index (χ4v) is 1.56. The number of alkyl carbamates (subject to hydrolysis) is 1. The van der Waals surface area contributed by atoms with Crippen LogP contribution in [0.3, 0.4) is 0 Å². The number of aromatic nitrogens is 1. The standard InChI is InChI=1S/C15H23N3O4/c1-6-15(5,18-13(21)22-14(2,3)4)12(20)17-10-7-8-11(19)16-9-10/h7-9H,6H2,1-5H3,(H,16,19)(H,17,20)(H,18,21)/t15-/m1/s1. The maximum Gasteiger partial charge on any atom is 0.408 e. The Kier molecular flexibility index (Phi) is 5.35. The Morgan fingerprint density at radius 1 is 1.27 bits per heavy atom. The van der Waals surface area contributed by atoms with Crippen LogP contribution in [0.2, 0.25) is 0 Å². The molecule has 0 spiro atoms. The molecule has 0 aromatic carbocycles. The van der Waals surface area contributed by atoms with Gasteiger partial charge >= 0.3 is 6.09 Å². The number of anilines is 1. The molecule has 0 saturated carbocycles. The lowest BCUT2D eigenvalue weighted by molar-refractivity contribution is -0.122. The van der Waals surface area contributed by atoms with E-state index in [2.05, 4.69) is 15.6 Å². The summed E-state index contributed by atoms with van der Waals surface area (Å²) in [5.41, 5.74) is -1.34. The summed E-state index contributed by atoms with van der Waals surface area (Å²) in [6.45, 7) is 8.64. The van der Waals surface area contributed by atoms with Crippen LogP contribution >= 0.6 is 0 Å². The zero-order valence-electron chi connectivity index (χ0n) is 13.6. The SMILES string of the molecule is CC[C@@](C)(NC(=O)OC(C)(C)C)C(=O)Nc1ccc(O)nc1. The van der Waals surface area contributed by atoms with Gasteiger partial charge in [0.2, 0.25) is 11.8 Å². The molecule has 0 radical (unpaired) electrons. The van der Waals surface area contributed by atoms with Gasteiger partial charge in [0, 0.05) is 6.07 Å². The van der Waals surface area contributed by atoms with Gasteiger partial charge in [-0.3, -0.25) is 4.79 Å². The first-order valence-electron chi connectivity index (χ1n) is 7.03. The molecule has 1 aromatic heterocycles. The molecule has 0 saturated heterocycles. The van der Waals surface area contributed by atoms with Crippen LogP contribution < -0.4 is 10.6 Å². The number of nitrogens with one attached hydrogen (secondary N) is 2. The van der Waals surface area contributed by atoms with E-state index < -0.39 is 23.1 Å². The van der Waals surface area contributed by atoms with Crippen LogP contribution in [0.4, 0.5) is 10.5 Å². The number of nitrogens with zero attached hydrogens (tertiary/aromatic N) is 1. The summed E-state index contributed by atoms with van der Waals surface area (Å²) >= 11 is 0. The Morgan fingerprint density at radius 3 is 2.36 bits per heavy atom. The Balaban J connectivity index is 2.77. The average Bonchev–Trinajstić information content (AvgIpc) is 2.38. The molecule has 0 fully saturated rings. The molecule has 7 nitrogen and oxygen atoms in total. The lowest BCUT2D eigenvalue weighted by Crippen LogP contribution is -2.55. The van der Waals surface area contributed by atoms with Crippen molar-refractivity contribution < 1.29 is 19.4 Å². The first kappa shape index (κ1) is 17.7. The van der Waals surface area contributed by atoms with Crippen molar-refractivity contribution in [3.63, 3.8) is 0 Å². The first-order chi connectivity index (χ1) is 10.1. The monoisotopic (exact) mass is 309 g/mol. The fourth-order valence-electron chi connectivity index (χ4n) is 1.56. The highest BCUT2D eigenvalue weighted by molar-refractivity contribution is 5.99. The van der Waals surface area contributed by atoms with Crippen LogP contribution in [0.1, 0.15) is 41.0 Å². The van der Waals surface area contributed by atoms with Gasteiger partial charge < -0.3 is 20.5 Å². The zero-order valence-corrected chi connectivity index (χ0v) is 13.6. The Morgan fingerprint density at radius 2 is 1.91 bits per heavy atom. The number of aromatic hydroxyl groups is 1. The predicted octanol–water partition coefficient (Wildman–Crippen LogP) is 2.42. The van der Waals surface area contributed by atoms with Crippen LogP contribution in [0.5, 0.6) is 5.88 Å². The molecule has 1 rings (SSSR count). The summed E-state index contributed by atoms with van der Waals surface area (Å²) in [7, 11) is 0. The number of pyridine rings is 1. The Bertz CT molecular complexity index is 537. The largest absolute Gasteiger partial charge is 0.493 e. The highest BCUT2D eigenvalue weighted by Crippen LogP contribution is 2.17. The number of hydrogen-bond donors (Lipinski definition) is 3. The maximum absolute atomic E-state index is 12.4. The second kappa shape index (κ2) is 6.64. The van der Waals surface area contributed by atoms with Gasteiger partial charge in [0.25, 0.3) is 0 Å². The molecule has 0 aliphatic rings. The van der Waals surface area contributed by atoms with Crippen molar-refractivity contribution in [3.8, 4) is 5.88 Å². The van der Waals surface area contributed by atoms with Crippen molar-refractivity contribution in [2.45, 2.75) is 52.2 Å². The molecule has 0 aliphatic carbocycles. The van der Waals surface area contributed by atoms with E-state index >= 15 is 0 Å². The van der Waals surface area contributed by atoms with Gasteiger partial charge in [0.1, 0.15) is 11.1 Å². The van der Waals surface area contributed by atoms with E-state index in [1.54, 1.807) is 34.6 Å². The van der Waals surface area contributed by atoms with Crippen molar-refractivity contribution in [1.82, 2.24) is 10.3 Å². The minimum Gasteiger partial charge on any atom is -0.493 e. The summed E-state index contributed by atoms with van der Waals surface area (Å²) in [4.78, 5) is 27.9. The van der Waals surface area contributed by atoms with Crippen molar-refractivity contribution in [2.24, 2.45) is 0 Å². The van der Waals surface area contributed by atoms with Crippen LogP contribution in [-0.2, 0) is 9.53 Å². The molecule has 22 heavy (non-hydrogen) atoms. The quantitative estimate of drug-likeness (QED) is 0.793. The van der Waals surface area contributed by atoms with Crippen LogP contribution in [-0.4, -0.2) is 33.2 Å². The zero-order chi connectivity index (χ0) is 17.0. The summed E-state index contributed by atoms with van der Waals surface area (Å²) < 4.78 is 5.18. The van der Waals surface area contributed by atoms with Crippen molar-refractivity contribution >= 4 is 17.7 Å². The highest BCUT2D eigenvalue weighted by atomic mass is 16.6. The van der Waals surface area contributed by atoms with Crippen molar-refractivity contribution in [2.75, 3.05) is 5.32 Å². The summed E-state index contributed by atoms with van der Waals surface area (Å²) in [6.07, 6.45) is 1.05. The van der Waals surface area contributed by atoms with E-state index in [1.807, 2.05) is 0 Å². The molecule has 1 atom stereocenters. The van der Waals surface area contributed by atoms with Gasteiger partial charge in [0.15, 0.2) is 0 Å². The van der Waals surface area contributed by atoms with Crippen molar-refractivity contribution in [1.29, 1.82) is 0 Å². The van der Waals surface area contributed by atoms with Gasteiger partial charge in [0.05, 0.1) is 11.9 Å². The van der Waals surface area contributed by atoms with E-state index in [9.17, 15) is 9.59 Å². The molecule has 1 heterocycles. The van der Waals surface area contributed by atoms with Crippen molar-refractivity contribution in [3.05, 3.63) is 18.3 Å². The summed E-state index contributed by atoms with van der Waals surface area (Å²) in [5.74, 6) is -0.531. The molecule has 0 unspecified atom stereocenters. The third-order valence-corrected chi connectivity index (χ3v) is 2.99. The number of carbonyl (C=O) groups excluding carboxylic acids is 2. The molecule has 3 N–H and O–H groups in total. The van der Waals surface area contributed by atoms with Crippen LogP contribution in [0.15, 0.2) is 18.3 Å². The smallest absolute Gasteiger partial charge is 0.408 e. The number of carbonyl (C=O) groups is 2. The highest BCUT2D eigenvalue weighted by Gasteiger charge is 2.34. The lowest BCUT2D eigenvalue weighted by Gasteiger charge is -2.30. The second-order valence-corrected chi connectivity index (χ2v) is 6.17. The predicted molar refractivity (Wildman–Crippen MR) is 82.6 cm³/mol. The third kappa shape index (κ3) is 5.23. The topological polar surface area (TPSA) is 101 Å². The summed E-state index contributed by atoms with van der Waals surface area (Å²) in [6, 6.07) is 2.88. The van der Waals surface area contributed by atoms with E-state index in [0.29, 0.717) is 12.1 Å². The molecular formula is C15H23N3O4. The second-order valence-electron chi connectivity index (χ2n) is 6.17. The molecule has 2 amide bonds. The van der Waals surface area contributed by atoms with Gasteiger partial charge in [-0.15, -0.1) is 0 Å². The van der Waals surface area contributed by atoms with Crippen LogP contribution in [0, 0.1) is 0 Å². The molecule has 0 aliphatic heterocycles. The van der Waals surface area contributed by atoms with Crippen LogP contribution in [0.25, 0.3) is 0 Å². The normalized spacial score (nSPS) is 13.9. The first-order valence-corrected chi connectivity index (χ1v) is 7.03. The lowest BCUT2D eigenvalue weighted by atomic mass is 9.98. The molecular weight excluding hydrogens is 286 g/mol. The maximum atomic E-state index is 12.4. The van der Waals surface area contributed by atoms with E-state index in [4.69, 9.17) is 9.84 Å². The van der Waals surface area contributed by atoms with E-state index in [0.717, 1.165) is 0 Å². The number of ether oxygens (including phenoxy) is 1. The molecule has 0 bridgehead atoms. The Labute approximate surface area is 130 Å². The van der Waals surface area contributed by atoms with Gasteiger partial charge in [-0.05, 0) is 40.2 Å².